The van der Waals surface area contributed by atoms with E-state index in [1.807, 2.05) is 17.7 Å². The number of aryl methyl sites for hydroxylation is 2. The van der Waals surface area contributed by atoms with Gasteiger partial charge in [0.15, 0.2) is 0 Å². The molecule has 124 valence electrons. The number of imidazole rings is 1. The van der Waals surface area contributed by atoms with E-state index in [2.05, 4.69) is 26.4 Å². The zero-order valence-corrected chi connectivity index (χ0v) is 14.1. The predicted octanol–water partition coefficient (Wildman–Crippen LogP) is 2.71. The van der Waals surface area contributed by atoms with Gasteiger partial charge in [0.2, 0.25) is 0 Å². The fourth-order valence-electron chi connectivity index (χ4n) is 3.81. The number of rotatable bonds is 4. The summed E-state index contributed by atoms with van der Waals surface area (Å²) in [6.45, 7) is 2.81. The van der Waals surface area contributed by atoms with Crippen LogP contribution in [0.1, 0.15) is 43.1 Å². The lowest BCUT2D eigenvalue weighted by Crippen LogP contribution is -2.36. The van der Waals surface area contributed by atoms with Crippen molar-refractivity contribution in [3.05, 3.63) is 24.3 Å². The molecule has 0 bridgehead atoms. The fraction of sp³-hybridized carbons (Fsp3) is 0.500. The molecule has 0 spiro atoms. The maximum absolute atomic E-state index is 13.3. The van der Waals surface area contributed by atoms with Crippen molar-refractivity contribution in [1.29, 1.82) is 0 Å². The average Bonchev–Trinajstić information content (AvgIpc) is 3.50. The molecule has 3 heterocycles. The van der Waals surface area contributed by atoms with Crippen molar-refractivity contribution in [3.63, 3.8) is 0 Å². The second-order valence-electron chi connectivity index (χ2n) is 7.03. The van der Waals surface area contributed by atoms with Gasteiger partial charge in [-0.05, 0) is 38.7 Å². The first-order chi connectivity index (χ1) is 11.7. The third-order valence-electron chi connectivity index (χ3n) is 5.25. The number of fused-ring (bicyclic) bond motifs is 3. The largest absolute Gasteiger partial charge is 0.333 e. The van der Waals surface area contributed by atoms with Gasteiger partial charge < -0.3 is 14.0 Å². The second-order valence-corrected chi connectivity index (χ2v) is 7.03. The number of hydrogen-bond donors (Lipinski definition) is 0. The molecule has 0 saturated heterocycles. The molecule has 0 atom stereocenters. The van der Waals surface area contributed by atoms with Crippen LogP contribution in [-0.2, 0) is 13.6 Å². The summed E-state index contributed by atoms with van der Waals surface area (Å²) in [5, 5.41) is 1.02. The first-order valence-electron chi connectivity index (χ1n) is 8.81. The molecule has 3 aromatic rings. The molecule has 0 aliphatic heterocycles. The van der Waals surface area contributed by atoms with E-state index in [0.29, 0.717) is 12.1 Å². The SMILES string of the molecule is CCn1c(C(=O)N(C2CC2)C2CC2)cc2c3c(cnc21)ncn3C. The van der Waals surface area contributed by atoms with Crippen LogP contribution in [0.15, 0.2) is 18.6 Å². The monoisotopic (exact) mass is 323 g/mol. The van der Waals surface area contributed by atoms with Crippen LogP contribution >= 0.6 is 0 Å². The molecule has 2 fully saturated rings. The predicted molar refractivity (Wildman–Crippen MR) is 91.9 cm³/mol. The molecule has 6 heteroatoms. The zero-order chi connectivity index (χ0) is 16.4. The highest BCUT2D eigenvalue weighted by Gasteiger charge is 2.43. The molecule has 1 amide bonds. The average molecular weight is 323 g/mol. The topological polar surface area (TPSA) is 56.0 Å². The van der Waals surface area contributed by atoms with E-state index in [9.17, 15) is 4.79 Å². The van der Waals surface area contributed by atoms with Gasteiger partial charge in [0.1, 0.15) is 16.9 Å². The molecule has 0 radical (unpaired) electrons. The molecule has 0 N–H and O–H groups in total. The Hall–Kier alpha value is -2.37. The van der Waals surface area contributed by atoms with Crippen LogP contribution in [0.5, 0.6) is 0 Å². The van der Waals surface area contributed by atoms with Crippen molar-refractivity contribution < 1.29 is 4.79 Å². The summed E-state index contributed by atoms with van der Waals surface area (Å²) >= 11 is 0. The van der Waals surface area contributed by atoms with Crippen molar-refractivity contribution in [2.75, 3.05) is 0 Å². The van der Waals surface area contributed by atoms with Crippen LogP contribution in [0.25, 0.3) is 22.1 Å². The first-order valence-corrected chi connectivity index (χ1v) is 8.81. The van der Waals surface area contributed by atoms with E-state index in [1.54, 1.807) is 12.5 Å². The Labute approximate surface area is 140 Å². The van der Waals surface area contributed by atoms with Gasteiger partial charge in [-0.2, -0.15) is 0 Å². The summed E-state index contributed by atoms with van der Waals surface area (Å²) in [4.78, 5) is 24.4. The van der Waals surface area contributed by atoms with Crippen molar-refractivity contribution in [2.45, 2.75) is 51.2 Å². The molecule has 24 heavy (non-hydrogen) atoms. The fourth-order valence-corrected chi connectivity index (χ4v) is 3.81. The maximum atomic E-state index is 13.3. The molecule has 3 aromatic heterocycles. The van der Waals surface area contributed by atoms with E-state index >= 15 is 0 Å². The van der Waals surface area contributed by atoms with Crippen LogP contribution in [0.4, 0.5) is 0 Å². The number of pyridine rings is 1. The Morgan fingerprint density at radius 3 is 2.58 bits per heavy atom. The minimum atomic E-state index is 0.176. The third kappa shape index (κ3) is 1.92. The second kappa shape index (κ2) is 4.82. The summed E-state index contributed by atoms with van der Waals surface area (Å²) in [7, 11) is 1.99. The maximum Gasteiger partial charge on any atom is 0.271 e. The van der Waals surface area contributed by atoms with Crippen molar-refractivity contribution in [2.24, 2.45) is 7.05 Å². The van der Waals surface area contributed by atoms with Gasteiger partial charge in [-0.25, -0.2) is 9.97 Å². The molecular formula is C18H21N5O. The Morgan fingerprint density at radius 2 is 1.96 bits per heavy atom. The molecule has 0 aromatic carbocycles. The van der Waals surface area contributed by atoms with Crippen LogP contribution < -0.4 is 0 Å². The standard InChI is InChI=1S/C18H21N5O/c1-3-22-15(18(24)23(11-4-5-11)12-6-7-12)8-13-16-14(9-19-17(13)22)20-10-21(16)2/h8-12H,3-7H2,1-2H3. The summed E-state index contributed by atoms with van der Waals surface area (Å²) < 4.78 is 4.06. The number of nitrogens with zero attached hydrogens (tertiary/aromatic N) is 5. The molecule has 2 aliphatic rings. The van der Waals surface area contributed by atoms with E-state index in [0.717, 1.165) is 60.0 Å². The number of carbonyl (C=O) groups is 1. The lowest BCUT2D eigenvalue weighted by Gasteiger charge is -2.22. The van der Waals surface area contributed by atoms with Crippen molar-refractivity contribution >= 4 is 28.0 Å². The Kier molecular flexibility index (Phi) is 2.81. The van der Waals surface area contributed by atoms with Gasteiger partial charge in [-0.15, -0.1) is 0 Å². The van der Waals surface area contributed by atoms with E-state index < -0.39 is 0 Å². The normalized spacial score (nSPS) is 17.8. The van der Waals surface area contributed by atoms with Crippen LogP contribution in [0.2, 0.25) is 0 Å². The van der Waals surface area contributed by atoms with Gasteiger partial charge in [0.05, 0.1) is 18.0 Å². The lowest BCUT2D eigenvalue weighted by molar-refractivity contribution is 0.0719. The number of amides is 1. The Balaban J connectivity index is 1.71. The lowest BCUT2D eigenvalue weighted by atomic mass is 10.2. The summed E-state index contributed by atoms with van der Waals surface area (Å²) in [5.41, 5.74) is 3.57. The summed E-state index contributed by atoms with van der Waals surface area (Å²) in [6, 6.07) is 2.94. The van der Waals surface area contributed by atoms with Crippen LogP contribution in [0, 0.1) is 0 Å². The molecule has 6 nitrogen and oxygen atoms in total. The van der Waals surface area contributed by atoms with Gasteiger partial charge in [-0.1, -0.05) is 0 Å². The highest BCUT2D eigenvalue weighted by molar-refractivity contribution is 6.06. The Morgan fingerprint density at radius 1 is 1.25 bits per heavy atom. The third-order valence-corrected chi connectivity index (χ3v) is 5.25. The van der Waals surface area contributed by atoms with Crippen LogP contribution in [-0.4, -0.2) is 42.0 Å². The summed E-state index contributed by atoms with van der Waals surface area (Å²) in [6.07, 6.45) is 8.21. The van der Waals surface area contributed by atoms with E-state index in [1.165, 1.54) is 0 Å². The van der Waals surface area contributed by atoms with Gasteiger partial charge in [-0.3, -0.25) is 4.79 Å². The molecular weight excluding hydrogens is 302 g/mol. The minimum Gasteiger partial charge on any atom is -0.333 e. The number of carbonyl (C=O) groups excluding carboxylic acids is 1. The number of hydrogen-bond acceptors (Lipinski definition) is 3. The first kappa shape index (κ1) is 14.0. The number of aromatic nitrogens is 4. The quantitative estimate of drug-likeness (QED) is 0.742. The van der Waals surface area contributed by atoms with E-state index in [-0.39, 0.29) is 5.91 Å². The van der Waals surface area contributed by atoms with Crippen molar-refractivity contribution in [3.8, 4) is 0 Å². The summed E-state index contributed by atoms with van der Waals surface area (Å²) in [5.74, 6) is 0.176. The minimum absolute atomic E-state index is 0.176. The molecule has 0 unspecified atom stereocenters. The molecule has 2 aliphatic carbocycles. The van der Waals surface area contributed by atoms with Gasteiger partial charge in [0, 0.05) is 31.1 Å². The van der Waals surface area contributed by atoms with Crippen molar-refractivity contribution in [1.82, 2.24) is 24.0 Å². The molecule has 5 rings (SSSR count). The van der Waals surface area contributed by atoms with Crippen LogP contribution in [0.3, 0.4) is 0 Å². The van der Waals surface area contributed by atoms with Gasteiger partial charge in [0.25, 0.3) is 5.91 Å². The highest BCUT2D eigenvalue weighted by Crippen LogP contribution is 2.39. The highest BCUT2D eigenvalue weighted by atomic mass is 16.2. The van der Waals surface area contributed by atoms with Gasteiger partial charge >= 0.3 is 0 Å². The van der Waals surface area contributed by atoms with E-state index in [4.69, 9.17) is 0 Å². The smallest absolute Gasteiger partial charge is 0.271 e. The zero-order valence-electron chi connectivity index (χ0n) is 14.1. The molecule has 2 saturated carbocycles. The Bertz CT molecular complexity index is 949.